The van der Waals surface area contributed by atoms with Gasteiger partial charge in [0.25, 0.3) is 5.91 Å². The van der Waals surface area contributed by atoms with Crippen molar-refractivity contribution in [1.29, 1.82) is 0 Å². The first-order chi connectivity index (χ1) is 11.5. The number of methoxy groups -OCH3 is 1. The molecule has 0 atom stereocenters. The molecule has 0 saturated heterocycles. The summed E-state index contributed by atoms with van der Waals surface area (Å²) in [6, 6.07) is 11.2. The molecule has 7 heteroatoms. The van der Waals surface area contributed by atoms with Gasteiger partial charge in [-0.15, -0.1) is 0 Å². The first kappa shape index (κ1) is 16.4. The lowest BCUT2D eigenvalue weighted by molar-refractivity contribution is 0.102. The lowest BCUT2D eigenvalue weighted by atomic mass is 10.1. The molecule has 5 nitrogen and oxygen atoms in total. The molecule has 0 saturated carbocycles. The van der Waals surface area contributed by atoms with Gasteiger partial charge in [0.05, 0.1) is 17.8 Å². The number of anilines is 1. The number of fused-ring (bicyclic) bond motifs is 1. The maximum atomic E-state index is 12.4. The summed E-state index contributed by atoms with van der Waals surface area (Å²) < 4.78 is 10.4. The summed E-state index contributed by atoms with van der Waals surface area (Å²) in [4.78, 5) is 24.5. The van der Waals surface area contributed by atoms with Crippen LogP contribution >= 0.6 is 23.2 Å². The van der Waals surface area contributed by atoms with Crippen LogP contribution in [-0.2, 0) is 0 Å². The molecule has 0 aliphatic rings. The van der Waals surface area contributed by atoms with E-state index in [1.807, 2.05) is 0 Å². The molecule has 0 aliphatic carbocycles. The Kier molecular flexibility index (Phi) is 4.46. The third-order valence-corrected chi connectivity index (χ3v) is 3.92. The van der Waals surface area contributed by atoms with Crippen LogP contribution in [0.15, 0.2) is 51.7 Å². The highest BCUT2D eigenvalue weighted by Gasteiger charge is 2.16. The summed E-state index contributed by atoms with van der Waals surface area (Å²) in [6.45, 7) is 0. The molecule has 1 amide bonds. The normalized spacial score (nSPS) is 10.6. The van der Waals surface area contributed by atoms with Crippen molar-refractivity contribution in [2.75, 3.05) is 12.4 Å². The quantitative estimate of drug-likeness (QED) is 0.701. The minimum atomic E-state index is -0.769. The van der Waals surface area contributed by atoms with Crippen LogP contribution in [0.5, 0.6) is 5.75 Å². The second-order valence-corrected chi connectivity index (χ2v) is 5.75. The molecule has 0 fully saturated rings. The minimum absolute atomic E-state index is 0.137. The zero-order valence-corrected chi connectivity index (χ0v) is 13.9. The highest BCUT2D eigenvalue weighted by Crippen LogP contribution is 2.27. The fourth-order valence-electron chi connectivity index (χ4n) is 2.22. The lowest BCUT2D eigenvalue weighted by Gasteiger charge is -2.08. The van der Waals surface area contributed by atoms with Gasteiger partial charge in [0, 0.05) is 10.4 Å². The van der Waals surface area contributed by atoms with E-state index >= 15 is 0 Å². The lowest BCUT2D eigenvalue weighted by Crippen LogP contribution is -2.20. The second kappa shape index (κ2) is 6.55. The van der Waals surface area contributed by atoms with E-state index in [0.717, 1.165) is 0 Å². The minimum Gasteiger partial charge on any atom is -0.493 e. The van der Waals surface area contributed by atoms with E-state index in [1.54, 1.807) is 30.3 Å². The number of nitrogens with one attached hydrogen (secondary N) is 1. The summed E-state index contributed by atoms with van der Waals surface area (Å²) in [5, 5.41) is 3.84. The summed E-state index contributed by atoms with van der Waals surface area (Å²) in [5.74, 6) is -0.213. The Balaban J connectivity index is 2.01. The summed E-state index contributed by atoms with van der Waals surface area (Å²) in [7, 11) is 1.47. The van der Waals surface area contributed by atoms with Gasteiger partial charge in [-0.25, -0.2) is 4.79 Å². The van der Waals surface area contributed by atoms with Crippen LogP contribution in [0, 0.1) is 0 Å². The standard InChI is InChI=1S/C17H11Cl2NO4/c1-23-14-4-2-3-9-7-11(17(22)24-15(9)14)16(21)20-13-6-5-10(18)8-12(13)19/h2-8H,1H3,(H,20,21). The monoisotopic (exact) mass is 363 g/mol. The first-order valence-corrected chi connectivity index (χ1v) is 7.62. The smallest absolute Gasteiger partial charge is 0.349 e. The summed E-state index contributed by atoms with van der Waals surface area (Å²) in [6.07, 6.45) is 0. The maximum Gasteiger partial charge on any atom is 0.349 e. The van der Waals surface area contributed by atoms with Crippen molar-refractivity contribution in [2.45, 2.75) is 0 Å². The van der Waals surface area contributed by atoms with Crippen molar-refractivity contribution < 1.29 is 13.9 Å². The number of rotatable bonds is 3. The molecule has 0 unspecified atom stereocenters. The number of hydrogen-bond acceptors (Lipinski definition) is 4. The van der Waals surface area contributed by atoms with Crippen LogP contribution in [0.2, 0.25) is 10.0 Å². The fraction of sp³-hybridized carbons (Fsp3) is 0.0588. The van der Waals surface area contributed by atoms with E-state index in [4.69, 9.17) is 32.4 Å². The number of hydrogen-bond donors (Lipinski definition) is 1. The van der Waals surface area contributed by atoms with Gasteiger partial charge in [0.15, 0.2) is 11.3 Å². The van der Waals surface area contributed by atoms with Gasteiger partial charge in [0.2, 0.25) is 0 Å². The van der Waals surface area contributed by atoms with E-state index in [0.29, 0.717) is 21.8 Å². The number of halogens is 2. The van der Waals surface area contributed by atoms with Crippen LogP contribution in [0.3, 0.4) is 0 Å². The number of carbonyl (C=O) groups excluding carboxylic acids is 1. The Hall–Kier alpha value is -2.50. The van der Waals surface area contributed by atoms with E-state index in [1.165, 1.54) is 19.2 Å². The van der Waals surface area contributed by atoms with E-state index in [2.05, 4.69) is 5.32 Å². The van der Waals surface area contributed by atoms with Gasteiger partial charge in [0.1, 0.15) is 5.56 Å². The zero-order chi connectivity index (χ0) is 17.3. The molecule has 2 aromatic carbocycles. The number of benzene rings is 2. The molecule has 24 heavy (non-hydrogen) atoms. The van der Waals surface area contributed by atoms with Gasteiger partial charge in [-0.2, -0.15) is 0 Å². The van der Waals surface area contributed by atoms with Gasteiger partial charge in [-0.05, 0) is 30.3 Å². The largest absolute Gasteiger partial charge is 0.493 e. The molecule has 1 N–H and O–H groups in total. The van der Waals surface area contributed by atoms with Crippen molar-refractivity contribution in [3.63, 3.8) is 0 Å². The van der Waals surface area contributed by atoms with E-state index in [-0.39, 0.29) is 16.2 Å². The van der Waals surface area contributed by atoms with E-state index < -0.39 is 11.5 Å². The molecule has 122 valence electrons. The number of amides is 1. The van der Waals surface area contributed by atoms with Crippen molar-refractivity contribution >= 4 is 45.8 Å². The molecule has 0 aliphatic heterocycles. The number of carbonyl (C=O) groups is 1. The molecule has 0 radical (unpaired) electrons. The van der Waals surface area contributed by atoms with Crippen molar-refractivity contribution in [3.8, 4) is 5.75 Å². The Bertz CT molecular complexity index is 998. The average molecular weight is 364 g/mol. The Morgan fingerprint density at radius 2 is 1.96 bits per heavy atom. The second-order valence-electron chi connectivity index (χ2n) is 4.90. The fourth-order valence-corrected chi connectivity index (χ4v) is 2.67. The Labute approximate surface area is 146 Å². The van der Waals surface area contributed by atoms with Crippen LogP contribution in [-0.4, -0.2) is 13.0 Å². The molecule has 3 aromatic rings. The molecule has 3 rings (SSSR count). The third-order valence-electron chi connectivity index (χ3n) is 3.37. The molecule has 0 bridgehead atoms. The van der Waals surface area contributed by atoms with Crippen molar-refractivity contribution in [1.82, 2.24) is 0 Å². The molecule has 1 heterocycles. The number of ether oxygens (including phenoxy) is 1. The van der Waals surface area contributed by atoms with Crippen LogP contribution in [0.25, 0.3) is 11.0 Å². The first-order valence-electron chi connectivity index (χ1n) is 6.87. The van der Waals surface area contributed by atoms with Crippen molar-refractivity contribution in [3.05, 3.63) is 68.5 Å². The van der Waals surface area contributed by atoms with Gasteiger partial charge < -0.3 is 14.5 Å². The van der Waals surface area contributed by atoms with Crippen LogP contribution in [0.1, 0.15) is 10.4 Å². The topological polar surface area (TPSA) is 68.5 Å². The van der Waals surface area contributed by atoms with Crippen LogP contribution < -0.4 is 15.7 Å². The summed E-state index contributed by atoms with van der Waals surface area (Å²) >= 11 is 11.8. The Morgan fingerprint density at radius 3 is 2.67 bits per heavy atom. The highest BCUT2D eigenvalue weighted by molar-refractivity contribution is 6.36. The highest BCUT2D eigenvalue weighted by atomic mass is 35.5. The average Bonchev–Trinajstić information content (AvgIpc) is 2.56. The van der Waals surface area contributed by atoms with Gasteiger partial charge in [-0.3, -0.25) is 4.79 Å². The maximum absolute atomic E-state index is 12.4. The Morgan fingerprint density at radius 1 is 1.17 bits per heavy atom. The van der Waals surface area contributed by atoms with Gasteiger partial charge in [-0.1, -0.05) is 35.3 Å². The SMILES string of the molecule is COc1cccc2cc(C(=O)Nc3ccc(Cl)cc3Cl)c(=O)oc12. The van der Waals surface area contributed by atoms with E-state index in [9.17, 15) is 9.59 Å². The van der Waals surface area contributed by atoms with Gasteiger partial charge >= 0.3 is 5.63 Å². The molecule has 1 aromatic heterocycles. The predicted octanol–water partition coefficient (Wildman–Crippen LogP) is 4.36. The molecular weight excluding hydrogens is 353 g/mol. The number of para-hydroxylation sites is 1. The third kappa shape index (κ3) is 3.09. The zero-order valence-electron chi connectivity index (χ0n) is 12.4. The molecular formula is C17H11Cl2NO4. The van der Waals surface area contributed by atoms with Crippen LogP contribution in [0.4, 0.5) is 5.69 Å². The van der Waals surface area contributed by atoms with Crippen molar-refractivity contribution in [2.24, 2.45) is 0 Å². The molecule has 0 spiro atoms. The summed E-state index contributed by atoms with van der Waals surface area (Å²) in [5.41, 5.74) is -0.279. The predicted molar refractivity (Wildman–Crippen MR) is 93.5 cm³/mol.